The third kappa shape index (κ3) is 6.22. The minimum atomic E-state index is -0.303. The predicted octanol–water partition coefficient (Wildman–Crippen LogP) is 5.08. The van der Waals surface area contributed by atoms with Gasteiger partial charge in [0, 0.05) is 23.6 Å². The summed E-state index contributed by atoms with van der Waals surface area (Å²) in [7, 11) is 0. The van der Waals surface area contributed by atoms with Gasteiger partial charge in [-0.05, 0) is 61.9 Å². The largest absolute Gasteiger partial charge is 0.352 e. The lowest BCUT2D eigenvalue weighted by Gasteiger charge is -2.12. The van der Waals surface area contributed by atoms with Crippen molar-refractivity contribution >= 4 is 29.2 Å². The molecule has 0 bridgehead atoms. The van der Waals surface area contributed by atoms with Crippen molar-refractivity contribution < 1.29 is 14.4 Å². The summed E-state index contributed by atoms with van der Waals surface area (Å²) in [5.41, 5.74) is 2.23. The molecular weight excluding hydrogens is 428 g/mol. The maximum atomic E-state index is 12.9. The summed E-state index contributed by atoms with van der Waals surface area (Å²) in [6, 6.07) is 8.58. The fourth-order valence-corrected chi connectivity index (χ4v) is 4.96. The standard InChI is InChI=1S/C27H34N4O3/c1-18-10-11-21(25(32)28-15-14-19-6-2-3-7-19)16-23(18)27(34)30-22-12-13-24(29-17-22)31-26(33)20-8-4-5-9-20/h10-13,16-17,19-20H,2-9,14-15H2,1H3,(H,28,32)(H,30,34)(H,29,31,33). The molecule has 2 aliphatic rings. The Morgan fingerprint density at radius 1 is 0.912 bits per heavy atom. The molecule has 7 nitrogen and oxygen atoms in total. The fourth-order valence-electron chi connectivity index (χ4n) is 4.96. The van der Waals surface area contributed by atoms with E-state index in [0.717, 1.165) is 43.6 Å². The van der Waals surface area contributed by atoms with Gasteiger partial charge >= 0.3 is 0 Å². The number of nitrogens with one attached hydrogen (secondary N) is 3. The molecule has 0 aliphatic heterocycles. The van der Waals surface area contributed by atoms with E-state index < -0.39 is 0 Å². The summed E-state index contributed by atoms with van der Waals surface area (Å²) < 4.78 is 0. The number of hydrogen-bond acceptors (Lipinski definition) is 4. The number of hydrogen-bond donors (Lipinski definition) is 3. The van der Waals surface area contributed by atoms with E-state index in [0.29, 0.717) is 29.2 Å². The molecule has 3 N–H and O–H groups in total. The van der Waals surface area contributed by atoms with E-state index in [1.807, 2.05) is 6.92 Å². The van der Waals surface area contributed by atoms with Crippen LogP contribution in [0.3, 0.4) is 0 Å². The van der Waals surface area contributed by atoms with Crippen LogP contribution in [0.2, 0.25) is 0 Å². The highest BCUT2D eigenvalue weighted by Crippen LogP contribution is 2.27. The molecule has 2 saturated carbocycles. The Morgan fingerprint density at radius 2 is 1.65 bits per heavy atom. The highest BCUT2D eigenvalue weighted by Gasteiger charge is 2.23. The molecule has 0 radical (unpaired) electrons. The van der Waals surface area contributed by atoms with Crippen molar-refractivity contribution in [2.45, 2.75) is 64.7 Å². The van der Waals surface area contributed by atoms with Gasteiger partial charge in [0.15, 0.2) is 0 Å². The molecule has 4 rings (SSSR count). The lowest BCUT2D eigenvalue weighted by Crippen LogP contribution is -2.26. The van der Waals surface area contributed by atoms with Crippen molar-refractivity contribution in [3.05, 3.63) is 53.2 Å². The van der Waals surface area contributed by atoms with E-state index in [1.165, 1.54) is 31.9 Å². The van der Waals surface area contributed by atoms with Gasteiger partial charge in [0.05, 0.1) is 11.9 Å². The Balaban J connectivity index is 1.32. The maximum absolute atomic E-state index is 12.9. The minimum Gasteiger partial charge on any atom is -0.352 e. The monoisotopic (exact) mass is 462 g/mol. The molecule has 1 aromatic heterocycles. The molecule has 2 aliphatic carbocycles. The molecule has 0 spiro atoms. The Bertz CT molecular complexity index is 1020. The van der Waals surface area contributed by atoms with Gasteiger partial charge in [-0.15, -0.1) is 0 Å². The van der Waals surface area contributed by atoms with E-state index in [-0.39, 0.29) is 23.6 Å². The molecule has 2 fully saturated rings. The first-order valence-electron chi connectivity index (χ1n) is 12.5. The zero-order chi connectivity index (χ0) is 23.9. The molecule has 34 heavy (non-hydrogen) atoms. The lowest BCUT2D eigenvalue weighted by molar-refractivity contribution is -0.119. The number of aryl methyl sites for hydroxylation is 1. The third-order valence-corrected chi connectivity index (χ3v) is 7.06. The zero-order valence-corrected chi connectivity index (χ0v) is 19.9. The second-order valence-corrected chi connectivity index (χ2v) is 9.58. The fraction of sp³-hybridized carbons (Fsp3) is 0.481. The highest BCUT2D eigenvalue weighted by molar-refractivity contribution is 6.07. The number of rotatable bonds is 8. The Kier molecular flexibility index (Phi) is 7.93. The maximum Gasteiger partial charge on any atom is 0.255 e. The molecule has 1 aromatic carbocycles. The van der Waals surface area contributed by atoms with Gasteiger partial charge < -0.3 is 16.0 Å². The zero-order valence-electron chi connectivity index (χ0n) is 19.9. The van der Waals surface area contributed by atoms with Crippen molar-refractivity contribution in [2.75, 3.05) is 17.2 Å². The van der Waals surface area contributed by atoms with Gasteiger partial charge in [0.1, 0.15) is 5.82 Å². The predicted molar refractivity (Wildman–Crippen MR) is 133 cm³/mol. The summed E-state index contributed by atoms with van der Waals surface area (Å²) in [4.78, 5) is 42.0. The summed E-state index contributed by atoms with van der Waals surface area (Å²) in [5, 5.41) is 8.68. The number of pyridine rings is 1. The molecule has 0 atom stereocenters. The minimum absolute atomic E-state index is 0.00995. The highest BCUT2D eigenvalue weighted by atomic mass is 16.2. The van der Waals surface area contributed by atoms with Gasteiger partial charge in [-0.3, -0.25) is 14.4 Å². The Hall–Kier alpha value is -3.22. The molecule has 0 saturated heterocycles. The van der Waals surface area contributed by atoms with Crippen LogP contribution < -0.4 is 16.0 Å². The normalized spacial score (nSPS) is 16.4. The van der Waals surface area contributed by atoms with Crippen LogP contribution in [0.15, 0.2) is 36.5 Å². The van der Waals surface area contributed by atoms with Crippen LogP contribution in [0.1, 0.15) is 84.1 Å². The second kappa shape index (κ2) is 11.3. The summed E-state index contributed by atoms with van der Waals surface area (Å²) >= 11 is 0. The van der Waals surface area contributed by atoms with Gasteiger partial charge in [-0.2, -0.15) is 0 Å². The van der Waals surface area contributed by atoms with Gasteiger partial charge in [-0.1, -0.05) is 44.6 Å². The van der Waals surface area contributed by atoms with Crippen LogP contribution in [0.25, 0.3) is 0 Å². The smallest absolute Gasteiger partial charge is 0.255 e. The van der Waals surface area contributed by atoms with Crippen LogP contribution in [-0.2, 0) is 4.79 Å². The van der Waals surface area contributed by atoms with Crippen LogP contribution in [0.4, 0.5) is 11.5 Å². The van der Waals surface area contributed by atoms with Crippen LogP contribution in [0, 0.1) is 18.8 Å². The molecule has 7 heteroatoms. The van der Waals surface area contributed by atoms with Crippen LogP contribution in [-0.4, -0.2) is 29.3 Å². The topological polar surface area (TPSA) is 100 Å². The van der Waals surface area contributed by atoms with Crippen molar-refractivity contribution in [3.8, 4) is 0 Å². The average molecular weight is 463 g/mol. The molecular formula is C27H34N4O3. The third-order valence-electron chi connectivity index (χ3n) is 7.06. The number of amides is 3. The Labute approximate surface area is 201 Å². The van der Waals surface area contributed by atoms with Crippen LogP contribution >= 0.6 is 0 Å². The molecule has 180 valence electrons. The lowest BCUT2D eigenvalue weighted by atomic mass is 10.0. The van der Waals surface area contributed by atoms with Gasteiger partial charge in [-0.25, -0.2) is 4.98 Å². The van der Waals surface area contributed by atoms with E-state index in [9.17, 15) is 14.4 Å². The SMILES string of the molecule is Cc1ccc(C(=O)NCCC2CCCC2)cc1C(=O)Nc1ccc(NC(=O)C2CCCC2)nc1. The van der Waals surface area contributed by atoms with E-state index in [1.54, 1.807) is 30.3 Å². The van der Waals surface area contributed by atoms with Crippen molar-refractivity contribution in [1.82, 2.24) is 10.3 Å². The number of anilines is 2. The Morgan fingerprint density at radius 3 is 2.35 bits per heavy atom. The number of carbonyl (C=O) groups is 3. The first-order valence-corrected chi connectivity index (χ1v) is 12.5. The van der Waals surface area contributed by atoms with Crippen molar-refractivity contribution in [1.29, 1.82) is 0 Å². The summed E-state index contributed by atoms with van der Waals surface area (Å²) in [5.74, 6) is 0.809. The second-order valence-electron chi connectivity index (χ2n) is 9.58. The molecule has 1 heterocycles. The first-order chi connectivity index (χ1) is 16.5. The molecule has 3 amide bonds. The number of benzene rings is 1. The number of carbonyl (C=O) groups excluding carboxylic acids is 3. The van der Waals surface area contributed by atoms with Gasteiger partial charge in [0.2, 0.25) is 5.91 Å². The van der Waals surface area contributed by atoms with Crippen LogP contribution in [0.5, 0.6) is 0 Å². The first kappa shape index (κ1) is 23.9. The van der Waals surface area contributed by atoms with Crippen molar-refractivity contribution in [3.63, 3.8) is 0 Å². The number of nitrogens with zero attached hydrogens (tertiary/aromatic N) is 1. The van der Waals surface area contributed by atoms with Crippen molar-refractivity contribution in [2.24, 2.45) is 11.8 Å². The summed E-state index contributed by atoms with van der Waals surface area (Å²) in [6.07, 6.45) is 11.7. The number of aromatic nitrogens is 1. The van der Waals surface area contributed by atoms with Gasteiger partial charge in [0.25, 0.3) is 11.8 Å². The van der Waals surface area contributed by atoms with E-state index >= 15 is 0 Å². The molecule has 0 unspecified atom stereocenters. The van der Waals surface area contributed by atoms with E-state index in [2.05, 4.69) is 20.9 Å². The summed E-state index contributed by atoms with van der Waals surface area (Å²) in [6.45, 7) is 2.50. The molecule has 2 aromatic rings. The average Bonchev–Trinajstić information content (AvgIpc) is 3.55. The quantitative estimate of drug-likeness (QED) is 0.509. The van der Waals surface area contributed by atoms with E-state index in [4.69, 9.17) is 0 Å².